The van der Waals surface area contributed by atoms with E-state index in [-0.39, 0.29) is 11.1 Å². The molecule has 3 aromatic rings. The van der Waals surface area contributed by atoms with Crippen LogP contribution in [0.3, 0.4) is 0 Å². The maximum absolute atomic E-state index is 12.2. The first-order valence-corrected chi connectivity index (χ1v) is 6.99. The number of para-hydroxylation sites is 1. The molecule has 0 radical (unpaired) electrons. The number of rotatable bonds is 3. The number of thioether (sulfide) groups is 1. The molecule has 0 unspecified atom stereocenters. The minimum atomic E-state index is -0.166. The molecule has 2 N–H and O–H groups in total. The molecule has 6 nitrogen and oxygen atoms in total. The Kier molecular flexibility index (Phi) is 3.19. The number of nitrogens with zero attached hydrogens (tertiary/aromatic N) is 2. The van der Waals surface area contributed by atoms with Crippen molar-refractivity contribution in [2.75, 3.05) is 0 Å². The summed E-state index contributed by atoms with van der Waals surface area (Å²) in [6, 6.07) is 8.75. The van der Waals surface area contributed by atoms with Gasteiger partial charge in [-0.1, -0.05) is 23.9 Å². The van der Waals surface area contributed by atoms with Crippen molar-refractivity contribution < 1.29 is 0 Å². The summed E-state index contributed by atoms with van der Waals surface area (Å²) in [6.07, 6.45) is 0. The van der Waals surface area contributed by atoms with Gasteiger partial charge in [-0.2, -0.15) is 0 Å². The van der Waals surface area contributed by atoms with Gasteiger partial charge in [-0.3, -0.25) is 19.3 Å². The molecular weight excluding hydrogens is 276 g/mol. The molecule has 0 saturated carbocycles. The Morgan fingerprint density at radius 1 is 1.25 bits per heavy atom. The fourth-order valence-corrected chi connectivity index (χ4v) is 2.80. The van der Waals surface area contributed by atoms with E-state index in [4.69, 9.17) is 0 Å². The number of hydrogen-bond donors (Lipinski definition) is 2. The summed E-state index contributed by atoms with van der Waals surface area (Å²) in [5, 5.41) is 6.48. The van der Waals surface area contributed by atoms with Crippen LogP contribution in [0.2, 0.25) is 0 Å². The Morgan fingerprint density at radius 3 is 2.80 bits per heavy atom. The Labute approximate surface area is 117 Å². The Hall–Kier alpha value is -2.28. The van der Waals surface area contributed by atoms with E-state index in [1.807, 2.05) is 18.2 Å². The first kappa shape index (κ1) is 12.7. The second-order valence-electron chi connectivity index (χ2n) is 4.35. The minimum absolute atomic E-state index is 0.0688. The standard InChI is InChI=1S/C13H12N4O2S/c1-17-12(19)9-4-2-3-5-10(9)14-13(17)20-7-8-6-11(18)16-15-8/h2-6H,7H2,1H3,(H2,15,16,18). The molecule has 0 aliphatic heterocycles. The summed E-state index contributed by atoms with van der Waals surface area (Å²) < 4.78 is 1.53. The van der Waals surface area contributed by atoms with Gasteiger partial charge in [0.1, 0.15) is 0 Å². The molecule has 102 valence electrons. The zero-order valence-corrected chi connectivity index (χ0v) is 11.5. The van der Waals surface area contributed by atoms with Crippen LogP contribution >= 0.6 is 11.8 Å². The van der Waals surface area contributed by atoms with Crippen molar-refractivity contribution >= 4 is 22.7 Å². The first-order valence-electron chi connectivity index (χ1n) is 6.00. The molecule has 3 rings (SSSR count). The second kappa shape index (κ2) is 5.01. The first-order chi connectivity index (χ1) is 9.65. The number of fused-ring (bicyclic) bond motifs is 1. The summed E-state index contributed by atoms with van der Waals surface area (Å²) >= 11 is 1.40. The topological polar surface area (TPSA) is 83.5 Å². The molecule has 0 aliphatic carbocycles. The molecule has 0 fully saturated rings. The molecule has 0 bridgehead atoms. The monoisotopic (exact) mass is 288 g/mol. The van der Waals surface area contributed by atoms with Crippen LogP contribution < -0.4 is 11.1 Å². The highest BCUT2D eigenvalue weighted by Gasteiger charge is 2.08. The molecular formula is C13H12N4O2S. The Bertz CT molecular complexity index is 878. The van der Waals surface area contributed by atoms with Crippen molar-refractivity contribution in [1.82, 2.24) is 19.7 Å². The highest BCUT2D eigenvalue weighted by molar-refractivity contribution is 7.98. The number of H-pyrrole nitrogens is 2. The van der Waals surface area contributed by atoms with Crippen LogP contribution in [0.15, 0.2) is 45.1 Å². The normalized spacial score (nSPS) is 11.1. The lowest BCUT2D eigenvalue weighted by molar-refractivity contribution is 0.726. The van der Waals surface area contributed by atoms with E-state index in [1.165, 1.54) is 22.4 Å². The molecule has 2 aromatic heterocycles. The summed E-state index contributed by atoms with van der Waals surface area (Å²) in [4.78, 5) is 27.7. The fraction of sp³-hybridized carbons (Fsp3) is 0.154. The SMILES string of the molecule is Cn1c(SCc2cc(=O)[nH][nH]2)nc2ccccc2c1=O. The van der Waals surface area contributed by atoms with Crippen molar-refractivity contribution in [3.8, 4) is 0 Å². The fourth-order valence-electron chi connectivity index (χ4n) is 1.92. The largest absolute Gasteiger partial charge is 0.301 e. The minimum Gasteiger partial charge on any atom is -0.301 e. The van der Waals surface area contributed by atoms with E-state index in [2.05, 4.69) is 15.2 Å². The van der Waals surface area contributed by atoms with Crippen LogP contribution in [0.4, 0.5) is 0 Å². The van der Waals surface area contributed by atoms with Gasteiger partial charge >= 0.3 is 0 Å². The van der Waals surface area contributed by atoms with E-state index in [0.29, 0.717) is 21.8 Å². The number of aromatic amines is 2. The smallest absolute Gasteiger partial charge is 0.264 e. The summed E-state index contributed by atoms with van der Waals surface area (Å²) in [5.74, 6) is 0.539. The van der Waals surface area contributed by atoms with Gasteiger partial charge in [0, 0.05) is 24.6 Å². The predicted molar refractivity (Wildman–Crippen MR) is 78.0 cm³/mol. The van der Waals surface area contributed by atoms with Crippen molar-refractivity contribution in [1.29, 1.82) is 0 Å². The quantitative estimate of drug-likeness (QED) is 0.561. The molecule has 0 atom stereocenters. The molecule has 7 heteroatoms. The average Bonchev–Trinajstić information content (AvgIpc) is 2.87. The lowest BCUT2D eigenvalue weighted by Crippen LogP contribution is -2.19. The van der Waals surface area contributed by atoms with Gasteiger partial charge in [0.2, 0.25) is 0 Å². The van der Waals surface area contributed by atoms with Crippen LogP contribution in [0.1, 0.15) is 5.69 Å². The van der Waals surface area contributed by atoms with Gasteiger partial charge in [0.05, 0.1) is 10.9 Å². The number of aromatic nitrogens is 4. The molecule has 2 heterocycles. The van der Waals surface area contributed by atoms with Crippen LogP contribution in [-0.2, 0) is 12.8 Å². The lowest BCUT2D eigenvalue weighted by Gasteiger charge is -2.07. The third-order valence-electron chi connectivity index (χ3n) is 2.95. The van der Waals surface area contributed by atoms with E-state index in [9.17, 15) is 9.59 Å². The van der Waals surface area contributed by atoms with Crippen LogP contribution in [0.5, 0.6) is 0 Å². The Morgan fingerprint density at radius 2 is 2.05 bits per heavy atom. The van der Waals surface area contributed by atoms with Gasteiger partial charge in [0.25, 0.3) is 11.1 Å². The zero-order chi connectivity index (χ0) is 14.1. The lowest BCUT2D eigenvalue weighted by atomic mass is 10.2. The van der Waals surface area contributed by atoms with Gasteiger partial charge in [0.15, 0.2) is 5.16 Å². The molecule has 1 aromatic carbocycles. The molecule has 0 spiro atoms. The van der Waals surface area contributed by atoms with Crippen molar-refractivity contribution in [3.63, 3.8) is 0 Å². The zero-order valence-electron chi connectivity index (χ0n) is 10.7. The van der Waals surface area contributed by atoms with Gasteiger partial charge in [-0.15, -0.1) is 0 Å². The number of hydrogen-bond acceptors (Lipinski definition) is 4. The third-order valence-corrected chi connectivity index (χ3v) is 4.03. The van der Waals surface area contributed by atoms with Gasteiger partial charge in [-0.25, -0.2) is 4.98 Å². The van der Waals surface area contributed by atoms with Gasteiger partial charge in [-0.05, 0) is 12.1 Å². The van der Waals surface area contributed by atoms with E-state index in [0.717, 1.165) is 5.69 Å². The molecule has 0 saturated heterocycles. The molecule has 20 heavy (non-hydrogen) atoms. The maximum Gasteiger partial charge on any atom is 0.264 e. The highest BCUT2D eigenvalue weighted by atomic mass is 32.2. The van der Waals surface area contributed by atoms with E-state index >= 15 is 0 Å². The Balaban J connectivity index is 1.97. The number of nitrogens with one attached hydrogen (secondary N) is 2. The second-order valence-corrected chi connectivity index (χ2v) is 5.29. The molecule has 0 amide bonds. The number of benzene rings is 1. The summed E-state index contributed by atoms with van der Waals surface area (Å²) in [7, 11) is 1.70. The summed E-state index contributed by atoms with van der Waals surface area (Å²) in [6.45, 7) is 0. The van der Waals surface area contributed by atoms with Crippen molar-refractivity contribution in [3.05, 3.63) is 56.7 Å². The van der Waals surface area contributed by atoms with Crippen molar-refractivity contribution in [2.24, 2.45) is 7.05 Å². The van der Waals surface area contributed by atoms with Crippen LogP contribution in [0.25, 0.3) is 10.9 Å². The predicted octanol–water partition coefficient (Wildman–Crippen LogP) is 1.24. The third kappa shape index (κ3) is 2.27. The average molecular weight is 288 g/mol. The maximum atomic E-state index is 12.2. The molecule has 0 aliphatic rings. The van der Waals surface area contributed by atoms with Crippen LogP contribution in [0, 0.1) is 0 Å². The van der Waals surface area contributed by atoms with Crippen molar-refractivity contribution in [2.45, 2.75) is 10.9 Å². The van der Waals surface area contributed by atoms with E-state index < -0.39 is 0 Å². The van der Waals surface area contributed by atoms with Gasteiger partial charge < -0.3 is 5.10 Å². The summed E-state index contributed by atoms with van der Waals surface area (Å²) in [5.41, 5.74) is 1.21. The highest BCUT2D eigenvalue weighted by Crippen LogP contribution is 2.19. The van der Waals surface area contributed by atoms with Crippen LogP contribution in [-0.4, -0.2) is 19.7 Å². The van der Waals surface area contributed by atoms with E-state index in [1.54, 1.807) is 13.1 Å².